The third-order valence-corrected chi connectivity index (χ3v) is 6.64. The molecule has 1 aromatic heterocycles. The van der Waals surface area contributed by atoms with E-state index in [4.69, 9.17) is 4.42 Å². The van der Waals surface area contributed by atoms with Gasteiger partial charge in [0.1, 0.15) is 6.04 Å². The predicted octanol–water partition coefficient (Wildman–Crippen LogP) is 4.59. The van der Waals surface area contributed by atoms with Gasteiger partial charge in [-0.2, -0.15) is 0 Å². The second-order valence-electron chi connectivity index (χ2n) is 9.53. The molecule has 0 spiro atoms. The van der Waals surface area contributed by atoms with E-state index < -0.39 is 0 Å². The number of piperidine rings is 2. The summed E-state index contributed by atoms with van der Waals surface area (Å²) in [7, 11) is 0. The molecule has 1 atom stereocenters. The minimum atomic E-state index is -0.0489. The van der Waals surface area contributed by atoms with Gasteiger partial charge in [-0.05, 0) is 63.1 Å². The van der Waals surface area contributed by atoms with Crippen molar-refractivity contribution in [1.29, 1.82) is 0 Å². The fraction of sp³-hybridized carbons (Fsp3) is 0.640. The molecule has 168 valence electrons. The Kier molecular flexibility index (Phi) is 7.38. The van der Waals surface area contributed by atoms with E-state index >= 15 is 0 Å². The van der Waals surface area contributed by atoms with Crippen LogP contribution in [0.1, 0.15) is 81.7 Å². The van der Waals surface area contributed by atoms with Gasteiger partial charge in [0.2, 0.25) is 17.7 Å². The van der Waals surface area contributed by atoms with Crippen LogP contribution in [0.3, 0.4) is 0 Å². The average Bonchev–Trinajstić information content (AvgIpc) is 3.28. The fourth-order valence-corrected chi connectivity index (χ4v) is 4.83. The van der Waals surface area contributed by atoms with Crippen LogP contribution in [0, 0.1) is 5.92 Å². The Labute approximate surface area is 186 Å². The van der Waals surface area contributed by atoms with Crippen molar-refractivity contribution < 1.29 is 9.21 Å². The first-order valence-corrected chi connectivity index (χ1v) is 12.0. The molecule has 2 fully saturated rings. The van der Waals surface area contributed by atoms with Gasteiger partial charge in [-0.25, -0.2) is 0 Å². The van der Waals surface area contributed by atoms with Crippen molar-refractivity contribution in [2.45, 2.75) is 70.8 Å². The summed E-state index contributed by atoms with van der Waals surface area (Å²) >= 11 is 0. The summed E-state index contributed by atoms with van der Waals surface area (Å²) in [6.45, 7) is 8.21. The minimum Gasteiger partial charge on any atom is -0.423 e. The van der Waals surface area contributed by atoms with Crippen molar-refractivity contribution in [2.24, 2.45) is 5.92 Å². The molecule has 6 nitrogen and oxygen atoms in total. The molecular weight excluding hydrogens is 388 g/mol. The van der Waals surface area contributed by atoms with E-state index in [1.54, 1.807) is 0 Å². The van der Waals surface area contributed by atoms with E-state index in [0.717, 1.165) is 70.6 Å². The lowest BCUT2D eigenvalue weighted by atomic mass is 9.96. The average molecular weight is 425 g/mol. The quantitative estimate of drug-likeness (QED) is 0.650. The van der Waals surface area contributed by atoms with Crippen LogP contribution in [0.4, 0.5) is 0 Å². The van der Waals surface area contributed by atoms with Crippen LogP contribution in [0.5, 0.6) is 0 Å². The van der Waals surface area contributed by atoms with Crippen LogP contribution in [0.2, 0.25) is 0 Å². The fourth-order valence-electron chi connectivity index (χ4n) is 4.83. The van der Waals surface area contributed by atoms with Crippen molar-refractivity contribution >= 4 is 5.91 Å². The molecule has 0 radical (unpaired) electrons. The molecule has 31 heavy (non-hydrogen) atoms. The smallest absolute Gasteiger partial charge is 0.238 e. The molecule has 0 N–H and O–H groups in total. The van der Waals surface area contributed by atoms with Gasteiger partial charge < -0.3 is 14.2 Å². The van der Waals surface area contributed by atoms with Crippen molar-refractivity contribution in [3.63, 3.8) is 0 Å². The van der Waals surface area contributed by atoms with Gasteiger partial charge in [0.05, 0.1) is 0 Å². The van der Waals surface area contributed by atoms with Gasteiger partial charge in [-0.15, -0.1) is 10.2 Å². The first kappa shape index (κ1) is 22.0. The Morgan fingerprint density at radius 3 is 2.52 bits per heavy atom. The molecule has 6 heteroatoms. The van der Waals surface area contributed by atoms with E-state index in [-0.39, 0.29) is 11.9 Å². The number of likely N-dealkylation sites (tertiary alicyclic amines) is 2. The Bertz CT molecular complexity index is 827. The van der Waals surface area contributed by atoms with Gasteiger partial charge in [-0.3, -0.25) is 4.79 Å². The highest BCUT2D eigenvalue weighted by Gasteiger charge is 2.33. The van der Waals surface area contributed by atoms with Crippen LogP contribution in [0.25, 0.3) is 0 Å². The summed E-state index contributed by atoms with van der Waals surface area (Å²) in [4.78, 5) is 17.2. The lowest BCUT2D eigenvalue weighted by Crippen LogP contribution is -2.39. The normalized spacial score (nSPS) is 21.0. The highest BCUT2D eigenvalue weighted by molar-refractivity contribution is 5.76. The molecule has 1 amide bonds. The summed E-state index contributed by atoms with van der Waals surface area (Å²) < 4.78 is 6.18. The summed E-state index contributed by atoms with van der Waals surface area (Å²) in [5.41, 5.74) is 1.40. The molecule has 2 aromatic rings. The molecule has 0 unspecified atom stereocenters. The lowest BCUT2D eigenvalue weighted by molar-refractivity contribution is -0.136. The predicted molar refractivity (Wildman–Crippen MR) is 121 cm³/mol. The van der Waals surface area contributed by atoms with Crippen molar-refractivity contribution in [1.82, 2.24) is 20.0 Å². The number of rotatable bonds is 7. The molecule has 0 bridgehead atoms. The molecule has 2 aliphatic heterocycles. The van der Waals surface area contributed by atoms with Crippen molar-refractivity contribution in [3.05, 3.63) is 47.7 Å². The number of amides is 1. The minimum absolute atomic E-state index is 0.0489. The van der Waals surface area contributed by atoms with Crippen molar-refractivity contribution in [3.8, 4) is 0 Å². The second kappa shape index (κ2) is 10.4. The maximum atomic E-state index is 12.7. The number of benzene rings is 1. The Morgan fingerprint density at radius 1 is 1.03 bits per heavy atom. The number of aromatic nitrogens is 2. The van der Waals surface area contributed by atoms with E-state index in [0.29, 0.717) is 24.1 Å². The molecule has 2 saturated heterocycles. The van der Waals surface area contributed by atoms with Gasteiger partial charge in [-0.1, -0.05) is 44.2 Å². The molecule has 2 aliphatic rings. The first-order valence-electron chi connectivity index (χ1n) is 12.0. The summed E-state index contributed by atoms with van der Waals surface area (Å²) in [5.74, 6) is 2.31. The van der Waals surface area contributed by atoms with Gasteiger partial charge in [0, 0.05) is 25.4 Å². The van der Waals surface area contributed by atoms with E-state index in [2.05, 4.69) is 59.3 Å². The highest BCUT2D eigenvalue weighted by Crippen LogP contribution is 2.34. The molecule has 0 saturated carbocycles. The van der Waals surface area contributed by atoms with Crippen LogP contribution in [0.15, 0.2) is 34.7 Å². The van der Waals surface area contributed by atoms with E-state index in [1.807, 2.05) is 4.90 Å². The SMILES string of the molecule is CC(C)CC(=O)N1CCCC[C@H]1c1nnc(C2CCN(CCc3ccccc3)CC2)o1. The lowest BCUT2D eigenvalue weighted by Gasteiger charge is -2.34. The number of carbonyl (C=O) groups excluding carboxylic acids is 1. The number of hydrogen-bond acceptors (Lipinski definition) is 5. The summed E-state index contributed by atoms with van der Waals surface area (Å²) in [5, 5.41) is 8.81. The number of carbonyl (C=O) groups is 1. The van der Waals surface area contributed by atoms with Crippen LogP contribution in [-0.4, -0.2) is 52.1 Å². The Morgan fingerprint density at radius 2 is 1.77 bits per heavy atom. The van der Waals surface area contributed by atoms with E-state index in [1.165, 1.54) is 5.56 Å². The van der Waals surface area contributed by atoms with Gasteiger partial charge in [0.15, 0.2) is 0 Å². The number of nitrogens with zero attached hydrogens (tertiary/aromatic N) is 4. The highest BCUT2D eigenvalue weighted by atomic mass is 16.4. The Balaban J connectivity index is 1.32. The van der Waals surface area contributed by atoms with Crippen LogP contribution >= 0.6 is 0 Å². The zero-order valence-corrected chi connectivity index (χ0v) is 19.0. The van der Waals surface area contributed by atoms with Gasteiger partial charge in [0.25, 0.3) is 0 Å². The summed E-state index contributed by atoms with van der Waals surface area (Å²) in [6, 6.07) is 10.6. The van der Waals surface area contributed by atoms with Crippen LogP contribution in [-0.2, 0) is 11.2 Å². The zero-order chi connectivity index (χ0) is 21.6. The zero-order valence-electron chi connectivity index (χ0n) is 19.0. The maximum absolute atomic E-state index is 12.7. The molecule has 1 aromatic carbocycles. The molecule has 4 rings (SSSR count). The summed E-state index contributed by atoms with van der Waals surface area (Å²) in [6.07, 6.45) is 6.87. The van der Waals surface area contributed by atoms with Gasteiger partial charge >= 0.3 is 0 Å². The Hall–Kier alpha value is -2.21. The molecule has 3 heterocycles. The van der Waals surface area contributed by atoms with E-state index in [9.17, 15) is 4.79 Å². The monoisotopic (exact) mass is 424 g/mol. The maximum Gasteiger partial charge on any atom is 0.238 e. The standard InChI is InChI=1S/C25H36N4O2/c1-19(2)18-23(30)29-14-7-6-10-22(29)25-27-26-24(31-25)21-12-16-28(17-13-21)15-11-20-8-4-3-5-9-20/h3-5,8-9,19,21-22H,6-7,10-18H2,1-2H3/t22-/m0/s1. The topological polar surface area (TPSA) is 62.5 Å². The van der Waals surface area contributed by atoms with Crippen LogP contribution < -0.4 is 0 Å². The largest absolute Gasteiger partial charge is 0.423 e. The second-order valence-corrected chi connectivity index (χ2v) is 9.53. The first-order chi connectivity index (χ1) is 15.1. The number of hydrogen-bond donors (Lipinski definition) is 0. The molecular formula is C25H36N4O2. The molecule has 0 aliphatic carbocycles. The third kappa shape index (κ3) is 5.73. The van der Waals surface area contributed by atoms with Crippen molar-refractivity contribution in [2.75, 3.05) is 26.2 Å². The third-order valence-electron chi connectivity index (χ3n) is 6.64.